The highest BCUT2D eigenvalue weighted by Crippen LogP contribution is 2.42. The summed E-state index contributed by atoms with van der Waals surface area (Å²) in [5.41, 5.74) is 1.17. The minimum atomic E-state index is -0.154. The third kappa shape index (κ3) is 2.21. The van der Waals surface area contributed by atoms with E-state index in [1.165, 1.54) is 11.8 Å². The van der Waals surface area contributed by atoms with Gasteiger partial charge in [-0.15, -0.1) is 11.8 Å². The molecule has 0 bridgehead atoms. The van der Waals surface area contributed by atoms with Gasteiger partial charge in [-0.3, -0.25) is 9.59 Å². The lowest BCUT2D eigenvalue weighted by Crippen LogP contribution is -2.27. The Morgan fingerprint density at radius 2 is 2.29 bits per heavy atom. The maximum absolute atomic E-state index is 11.6. The number of carbonyl (C=O) groups excluding carboxylic acids is 2. The number of fused-ring (bicyclic) bond motifs is 1. The van der Waals surface area contributed by atoms with Crippen LogP contribution in [0, 0.1) is 0 Å². The lowest BCUT2D eigenvalue weighted by atomic mass is 10.2. The Kier molecular flexibility index (Phi) is 3.23. The summed E-state index contributed by atoms with van der Waals surface area (Å²) >= 11 is 1.44. The van der Waals surface area contributed by atoms with Crippen LogP contribution < -0.4 is 15.4 Å². The summed E-state index contributed by atoms with van der Waals surface area (Å²) in [6.07, 6.45) is 0.573. The Balaban J connectivity index is 2.49. The maximum atomic E-state index is 11.6. The molecule has 1 heterocycles. The summed E-state index contributed by atoms with van der Waals surface area (Å²) in [7, 11) is 1.56. The van der Waals surface area contributed by atoms with Gasteiger partial charge in [0.25, 0.3) is 0 Å². The summed E-state index contributed by atoms with van der Waals surface area (Å²) in [5, 5.41) is 5.18. The molecule has 1 atom stereocenters. The molecule has 0 radical (unpaired) electrons. The van der Waals surface area contributed by atoms with E-state index in [2.05, 4.69) is 10.6 Å². The number of rotatable bonds is 3. The Morgan fingerprint density at radius 1 is 1.53 bits per heavy atom. The molecule has 2 amide bonds. The minimum absolute atomic E-state index is 0.0679. The molecule has 6 heteroatoms. The maximum Gasteiger partial charge on any atom is 0.237 e. The molecule has 5 nitrogen and oxygen atoms in total. The lowest BCUT2D eigenvalue weighted by molar-refractivity contribution is -0.115. The second kappa shape index (κ2) is 4.67. The average Bonchev–Trinajstić information content (AvgIpc) is 2.31. The van der Waals surface area contributed by atoms with E-state index in [1.54, 1.807) is 13.2 Å². The van der Waals surface area contributed by atoms with Gasteiger partial charge in [-0.05, 0) is 13.0 Å². The molecule has 1 aromatic rings. The number of nitrogens with one attached hydrogen (secondary N) is 2. The van der Waals surface area contributed by atoms with Gasteiger partial charge in [-0.25, -0.2) is 0 Å². The van der Waals surface area contributed by atoms with Crippen molar-refractivity contribution in [3.63, 3.8) is 0 Å². The number of benzene rings is 1. The van der Waals surface area contributed by atoms with Gasteiger partial charge < -0.3 is 15.4 Å². The average molecular weight is 252 g/mol. The largest absolute Gasteiger partial charge is 0.497 e. The van der Waals surface area contributed by atoms with Gasteiger partial charge in [-0.2, -0.15) is 0 Å². The smallest absolute Gasteiger partial charge is 0.237 e. The molecule has 0 fully saturated rings. The SMILES string of the molecule is COc1cc(NC=O)c2c(c1)SC(C)C(=O)N2. The number of anilines is 2. The number of hydrogen-bond donors (Lipinski definition) is 2. The molecule has 1 unspecified atom stereocenters. The predicted molar refractivity (Wildman–Crippen MR) is 66.6 cm³/mol. The fourth-order valence-electron chi connectivity index (χ4n) is 1.58. The molecule has 2 rings (SSSR count). The molecule has 0 saturated carbocycles. The fourth-order valence-corrected chi connectivity index (χ4v) is 2.59. The Morgan fingerprint density at radius 3 is 2.94 bits per heavy atom. The molecule has 0 aliphatic carbocycles. The first-order valence-electron chi connectivity index (χ1n) is 5.05. The van der Waals surface area contributed by atoms with Crippen LogP contribution in [-0.4, -0.2) is 24.7 Å². The first kappa shape index (κ1) is 11.8. The van der Waals surface area contributed by atoms with Gasteiger partial charge in [0, 0.05) is 11.0 Å². The highest BCUT2D eigenvalue weighted by molar-refractivity contribution is 8.01. The van der Waals surface area contributed by atoms with Crippen LogP contribution in [0.3, 0.4) is 0 Å². The topological polar surface area (TPSA) is 67.4 Å². The number of methoxy groups -OCH3 is 1. The number of hydrogen-bond acceptors (Lipinski definition) is 4. The van der Waals surface area contributed by atoms with E-state index >= 15 is 0 Å². The van der Waals surface area contributed by atoms with E-state index in [0.29, 0.717) is 23.5 Å². The molecule has 17 heavy (non-hydrogen) atoms. The van der Waals surface area contributed by atoms with Crippen LogP contribution in [0.1, 0.15) is 6.92 Å². The second-order valence-corrected chi connectivity index (χ2v) is 4.94. The number of thioether (sulfide) groups is 1. The van der Waals surface area contributed by atoms with Crippen LogP contribution in [0.15, 0.2) is 17.0 Å². The van der Waals surface area contributed by atoms with Crippen molar-refractivity contribution in [2.75, 3.05) is 17.7 Å². The normalized spacial score (nSPS) is 18.0. The van der Waals surface area contributed by atoms with Gasteiger partial charge in [0.1, 0.15) is 5.75 Å². The van der Waals surface area contributed by atoms with Crippen LogP contribution in [0.4, 0.5) is 11.4 Å². The molecule has 90 valence electrons. The fraction of sp³-hybridized carbons (Fsp3) is 0.273. The third-order valence-electron chi connectivity index (χ3n) is 2.45. The molecule has 2 N–H and O–H groups in total. The molecule has 1 aromatic carbocycles. The van der Waals surface area contributed by atoms with Crippen molar-refractivity contribution >= 4 is 35.5 Å². The van der Waals surface area contributed by atoms with Gasteiger partial charge in [0.15, 0.2) is 0 Å². The highest BCUT2D eigenvalue weighted by Gasteiger charge is 2.25. The van der Waals surface area contributed by atoms with E-state index in [9.17, 15) is 9.59 Å². The van der Waals surface area contributed by atoms with Crippen LogP contribution in [0.25, 0.3) is 0 Å². The summed E-state index contributed by atoms with van der Waals surface area (Å²) in [6.45, 7) is 1.83. The zero-order valence-corrected chi connectivity index (χ0v) is 10.3. The summed E-state index contributed by atoms with van der Waals surface area (Å²) < 4.78 is 5.15. The van der Waals surface area contributed by atoms with Gasteiger partial charge in [-0.1, -0.05) is 0 Å². The monoisotopic (exact) mass is 252 g/mol. The van der Waals surface area contributed by atoms with Crippen molar-refractivity contribution in [2.45, 2.75) is 17.1 Å². The quantitative estimate of drug-likeness (QED) is 0.803. The van der Waals surface area contributed by atoms with Crippen molar-refractivity contribution in [2.24, 2.45) is 0 Å². The Bertz CT molecular complexity index is 476. The van der Waals surface area contributed by atoms with Crippen molar-refractivity contribution in [1.82, 2.24) is 0 Å². The zero-order chi connectivity index (χ0) is 12.4. The van der Waals surface area contributed by atoms with Gasteiger partial charge in [0.05, 0.1) is 23.7 Å². The Hall–Kier alpha value is -1.69. The standard InChI is InChI=1S/C11H12N2O3S/c1-6-11(15)13-10-8(12-5-14)3-7(16-2)4-9(10)17-6/h3-6H,1-2H3,(H,12,14)(H,13,15). The molecular formula is C11H12N2O3S. The van der Waals surface area contributed by atoms with E-state index in [0.717, 1.165) is 4.90 Å². The van der Waals surface area contributed by atoms with Crippen LogP contribution >= 0.6 is 11.8 Å². The molecule has 1 aliphatic heterocycles. The van der Waals surface area contributed by atoms with E-state index in [4.69, 9.17) is 4.74 Å². The lowest BCUT2D eigenvalue weighted by Gasteiger charge is -2.24. The molecule has 0 spiro atoms. The number of ether oxygens (including phenoxy) is 1. The predicted octanol–water partition coefficient (Wildman–Crippen LogP) is 1.70. The molecular weight excluding hydrogens is 240 g/mol. The van der Waals surface area contributed by atoms with Gasteiger partial charge in [0.2, 0.25) is 12.3 Å². The summed E-state index contributed by atoms with van der Waals surface area (Å²) in [5.74, 6) is 0.575. The van der Waals surface area contributed by atoms with E-state index in [-0.39, 0.29) is 11.2 Å². The van der Waals surface area contributed by atoms with Crippen LogP contribution in [0.5, 0.6) is 5.75 Å². The number of amides is 2. The van der Waals surface area contributed by atoms with Crippen molar-refractivity contribution in [3.05, 3.63) is 12.1 Å². The van der Waals surface area contributed by atoms with E-state index in [1.807, 2.05) is 13.0 Å². The second-order valence-electron chi connectivity index (χ2n) is 3.56. The minimum Gasteiger partial charge on any atom is -0.497 e. The van der Waals surface area contributed by atoms with Crippen molar-refractivity contribution < 1.29 is 14.3 Å². The highest BCUT2D eigenvalue weighted by atomic mass is 32.2. The third-order valence-corrected chi connectivity index (χ3v) is 3.59. The first-order chi connectivity index (χ1) is 8.15. The van der Waals surface area contributed by atoms with Crippen LogP contribution in [-0.2, 0) is 9.59 Å². The Labute approximate surface area is 103 Å². The van der Waals surface area contributed by atoms with E-state index < -0.39 is 0 Å². The molecule has 0 aromatic heterocycles. The van der Waals surface area contributed by atoms with Crippen LogP contribution in [0.2, 0.25) is 0 Å². The van der Waals surface area contributed by atoms with Crippen molar-refractivity contribution in [1.29, 1.82) is 0 Å². The number of carbonyl (C=O) groups is 2. The molecule has 0 saturated heterocycles. The first-order valence-corrected chi connectivity index (χ1v) is 5.93. The van der Waals surface area contributed by atoms with Gasteiger partial charge >= 0.3 is 0 Å². The summed E-state index contributed by atoms with van der Waals surface area (Å²) in [4.78, 5) is 23.0. The van der Waals surface area contributed by atoms with Crippen molar-refractivity contribution in [3.8, 4) is 5.75 Å². The summed E-state index contributed by atoms with van der Waals surface area (Å²) in [6, 6.07) is 3.51. The zero-order valence-electron chi connectivity index (χ0n) is 9.44. The molecule has 1 aliphatic rings.